The van der Waals surface area contributed by atoms with E-state index >= 15 is 0 Å². The third kappa shape index (κ3) is 3.68. The van der Waals surface area contributed by atoms with E-state index in [1.807, 2.05) is 54.6 Å². The van der Waals surface area contributed by atoms with Crippen molar-refractivity contribution in [1.82, 2.24) is 15.0 Å². The molecule has 0 N–H and O–H groups in total. The second kappa shape index (κ2) is 9.15. The van der Waals surface area contributed by atoms with Crippen LogP contribution in [-0.4, -0.2) is 15.0 Å². The van der Waals surface area contributed by atoms with Gasteiger partial charge in [-0.15, -0.1) is 10.2 Å². The molecule has 3 aromatic heterocycles. The Kier molecular flexibility index (Phi) is 4.93. The predicted octanol–water partition coefficient (Wildman–Crippen LogP) is 10.7. The Hall–Kier alpha value is -6.20. The van der Waals surface area contributed by atoms with Crippen LogP contribution in [0, 0.1) is 0 Å². The normalized spacial score (nSPS) is 12.0. The molecule has 7 aromatic carbocycles. The number of fused-ring (bicyclic) bond motifs is 8. The lowest BCUT2D eigenvalue weighted by molar-refractivity contribution is 0.669. The fraction of sp³-hybridized carbons (Fsp3) is 0. The maximum atomic E-state index is 6.31. The molecule has 0 atom stereocenters. The summed E-state index contributed by atoms with van der Waals surface area (Å²) in [6.07, 6.45) is 0. The van der Waals surface area contributed by atoms with Gasteiger partial charge in [0.05, 0.1) is 5.69 Å². The van der Waals surface area contributed by atoms with Crippen LogP contribution in [0.3, 0.4) is 0 Å². The third-order valence-corrected chi connectivity index (χ3v) is 8.84. The number of hydrogen-bond acceptors (Lipinski definition) is 4. The van der Waals surface area contributed by atoms with Crippen molar-refractivity contribution in [3.8, 4) is 27.9 Å². The minimum atomic E-state index is 0.819. The van der Waals surface area contributed by atoms with Crippen LogP contribution in [0.4, 0.5) is 0 Å². The second-order valence-corrected chi connectivity index (χ2v) is 11.5. The van der Waals surface area contributed by atoms with Crippen LogP contribution >= 0.6 is 0 Å². The van der Waals surface area contributed by atoms with Crippen molar-refractivity contribution in [1.29, 1.82) is 0 Å². The van der Waals surface area contributed by atoms with E-state index in [0.29, 0.717) is 0 Å². The number of rotatable bonds is 3. The first-order valence-electron chi connectivity index (χ1n) is 15.0. The Bertz CT molecular complexity index is 2770. The Morgan fingerprint density at radius 1 is 0.444 bits per heavy atom. The molecule has 0 aliphatic carbocycles. The van der Waals surface area contributed by atoms with Gasteiger partial charge in [-0.05, 0) is 88.1 Å². The first-order chi connectivity index (χ1) is 22.3. The van der Waals surface area contributed by atoms with E-state index in [4.69, 9.17) is 19.0 Å². The van der Waals surface area contributed by atoms with Crippen LogP contribution in [0.1, 0.15) is 0 Å². The van der Waals surface area contributed by atoms with Gasteiger partial charge in [0.25, 0.3) is 0 Å². The summed E-state index contributed by atoms with van der Waals surface area (Å²) in [5.74, 6) is 0. The van der Waals surface area contributed by atoms with Crippen molar-refractivity contribution in [3.05, 3.63) is 140 Å². The maximum Gasteiger partial charge on any atom is 0.136 e. The summed E-state index contributed by atoms with van der Waals surface area (Å²) in [6, 6.07) is 48.0. The molecule has 5 nitrogen and oxygen atoms in total. The van der Waals surface area contributed by atoms with E-state index in [0.717, 1.165) is 82.9 Å². The molecule has 10 rings (SSSR count). The first kappa shape index (κ1) is 24.3. The lowest BCUT2D eigenvalue weighted by atomic mass is 9.94. The zero-order valence-electron chi connectivity index (χ0n) is 23.9. The van der Waals surface area contributed by atoms with E-state index < -0.39 is 0 Å². The molecule has 5 heteroatoms. The molecular weight excluding hydrogens is 554 g/mol. The van der Waals surface area contributed by atoms with Crippen molar-refractivity contribution in [2.45, 2.75) is 0 Å². The summed E-state index contributed by atoms with van der Waals surface area (Å²) in [6.45, 7) is 0. The number of aromatic nitrogens is 3. The number of furan rings is 2. The summed E-state index contributed by atoms with van der Waals surface area (Å²) >= 11 is 0. The number of para-hydroxylation sites is 2. The van der Waals surface area contributed by atoms with Crippen LogP contribution in [0.25, 0.3) is 93.6 Å². The molecule has 0 saturated carbocycles. The molecule has 0 radical (unpaired) electrons. The monoisotopic (exact) mass is 577 g/mol. The van der Waals surface area contributed by atoms with E-state index in [1.54, 1.807) is 4.80 Å². The van der Waals surface area contributed by atoms with Crippen LogP contribution in [-0.2, 0) is 0 Å². The number of nitrogens with zero attached hydrogens (tertiary/aromatic N) is 3. The van der Waals surface area contributed by atoms with Gasteiger partial charge in [0.1, 0.15) is 33.4 Å². The van der Waals surface area contributed by atoms with Crippen molar-refractivity contribution >= 4 is 65.7 Å². The van der Waals surface area contributed by atoms with Gasteiger partial charge in [-0.2, -0.15) is 4.80 Å². The molecule has 0 bridgehead atoms. The van der Waals surface area contributed by atoms with Crippen LogP contribution in [0.2, 0.25) is 0 Å². The highest BCUT2D eigenvalue weighted by Gasteiger charge is 2.19. The van der Waals surface area contributed by atoms with E-state index in [9.17, 15) is 0 Å². The summed E-state index contributed by atoms with van der Waals surface area (Å²) in [7, 11) is 0. The quantitative estimate of drug-likeness (QED) is 0.210. The molecule has 0 saturated heterocycles. The van der Waals surface area contributed by atoms with E-state index in [1.165, 1.54) is 10.8 Å². The highest BCUT2D eigenvalue weighted by atomic mass is 16.3. The third-order valence-electron chi connectivity index (χ3n) is 8.84. The van der Waals surface area contributed by atoms with Crippen molar-refractivity contribution < 1.29 is 8.83 Å². The molecule has 10 aromatic rings. The number of hydrogen-bond donors (Lipinski definition) is 0. The number of benzene rings is 7. The Morgan fingerprint density at radius 2 is 1.18 bits per heavy atom. The summed E-state index contributed by atoms with van der Waals surface area (Å²) in [5.41, 5.74) is 10.2. The Morgan fingerprint density at radius 3 is 2.09 bits per heavy atom. The van der Waals surface area contributed by atoms with Crippen LogP contribution in [0.5, 0.6) is 0 Å². The fourth-order valence-corrected chi connectivity index (χ4v) is 6.71. The average molecular weight is 578 g/mol. The smallest absolute Gasteiger partial charge is 0.136 e. The molecule has 0 fully saturated rings. The summed E-state index contributed by atoms with van der Waals surface area (Å²) < 4.78 is 12.6. The van der Waals surface area contributed by atoms with E-state index in [2.05, 4.69) is 84.9 Å². The second-order valence-electron chi connectivity index (χ2n) is 11.5. The van der Waals surface area contributed by atoms with Crippen molar-refractivity contribution in [2.24, 2.45) is 0 Å². The van der Waals surface area contributed by atoms with Gasteiger partial charge in [0.15, 0.2) is 0 Å². The summed E-state index contributed by atoms with van der Waals surface area (Å²) in [5, 5.41) is 16.7. The molecule has 0 unspecified atom stereocenters. The van der Waals surface area contributed by atoms with Crippen LogP contribution in [0.15, 0.2) is 148 Å². The molecule has 210 valence electrons. The molecule has 0 amide bonds. The van der Waals surface area contributed by atoms with Gasteiger partial charge >= 0.3 is 0 Å². The Labute approximate surface area is 256 Å². The lowest BCUT2D eigenvalue weighted by Crippen LogP contribution is -1.97. The zero-order chi connectivity index (χ0) is 29.5. The predicted molar refractivity (Wildman–Crippen MR) is 182 cm³/mol. The SMILES string of the molecule is c1ccc(-n2nc3cc(-c4ccc5oc6cc7ccccc7cc6c5c4)cc(-c4cccc5oc6ccccc6c45)c3n2)cc1. The molecule has 0 spiro atoms. The maximum absolute atomic E-state index is 6.31. The highest BCUT2D eigenvalue weighted by Crippen LogP contribution is 2.41. The molecule has 45 heavy (non-hydrogen) atoms. The average Bonchev–Trinajstić information content (AvgIpc) is 3.80. The minimum Gasteiger partial charge on any atom is -0.456 e. The van der Waals surface area contributed by atoms with E-state index in [-0.39, 0.29) is 0 Å². The van der Waals surface area contributed by atoms with Crippen LogP contribution < -0.4 is 0 Å². The van der Waals surface area contributed by atoms with Crippen molar-refractivity contribution in [2.75, 3.05) is 0 Å². The molecule has 0 aliphatic heterocycles. The molecule has 0 aliphatic rings. The van der Waals surface area contributed by atoms with Gasteiger partial charge in [-0.1, -0.05) is 78.9 Å². The minimum absolute atomic E-state index is 0.819. The summed E-state index contributed by atoms with van der Waals surface area (Å²) in [4.78, 5) is 1.73. The lowest BCUT2D eigenvalue weighted by Gasteiger charge is -2.09. The largest absolute Gasteiger partial charge is 0.456 e. The Balaban J connectivity index is 1.25. The van der Waals surface area contributed by atoms with Crippen molar-refractivity contribution in [3.63, 3.8) is 0 Å². The van der Waals surface area contributed by atoms with Gasteiger partial charge in [-0.3, -0.25) is 0 Å². The first-order valence-corrected chi connectivity index (χ1v) is 15.0. The fourth-order valence-electron chi connectivity index (χ4n) is 6.71. The van der Waals surface area contributed by atoms with Gasteiger partial charge in [0.2, 0.25) is 0 Å². The van der Waals surface area contributed by atoms with Gasteiger partial charge < -0.3 is 8.83 Å². The molecule has 3 heterocycles. The highest BCUT2D eigenvalue weighted by molar-refractivity contribution is 6.15. The van der Waals surface area contributed by atoms with Gasteiger partial charge in [-0.25, -0.2) is 0 Å². The van der Waals surface area contributed by atoms with Gasteiger partial charge in [0, 0.05) is 27.1 Å². The standard InChI is InChI=1S/C40H23N3O2/c1-2-11-28(12-3-1)43-41-34-22-27(26-17-18-36-31(20-26)32-19-24-9-4-5-10-25(24)23-38(32)45-36)21-33(40(34)42-43)29-14-8-16-37-39(29)30-13-6-7-15-35(30)44-37/h1-23H. The molecular formula is C40H23N3O2. The topological polar surface area (TPSA) is 57.0 Å². The zero-order valence-corrected chi connectivity index (χ0v) is 23.9.